The van der Waals surface area contributed by atoms with Gasteiger partial charge in [-0.1, -0.05) is 51.1 Å². The number of aromatic nitrogens is 2. The predicted molar refractivity (Wildman–Crippen MR) is 88.5 cm³/mol. The van der Waals surface area contributed by atoms with Crippen LogP contribution in [0.4, 0.5) is 0 Å². The highest BCUT2D eigenvalue weighted by molar-refractivity contribution is 5.26. The van der Waals surface area contributed by atoms with E-state index in [1.54, 1.807) is 0 Å². The number of rotatable bonds is 7. The van der Waals surface area contributed by atoms with Gasteiger partial charge in [0.25, 0.3) is 0 Å². The first-order chi connectivity index (χ1) is 10.1. The number of nitrogens with one attached hydrogen (secondary N) is 1. The molecule has 0 saturated carbocycles. The summed E-state index contributed by atoms with van der Waals surface area (Å²) in [4.78, 5) is 4.55. The molecule has 1 heterocycles. The molecule has 0 spiro atoms. The summed E-state index contributed by atoms with van der Waals surface area (Å²) >= 11 is 0. The number of benzene rings is 1. The van der Waals surface area contributed by atoms with Crippen molar-refractivity contribution in [2.75, 3.05) is 7.05 Å². The summed E-state index contributed by atoms with van der Waals surface area (Å²) in [5.74, 6) is 1.17. The van der Waals surface area contributed by atoms with E-state index >= 15 is 0 Å². The van der Waals surface area contributed by atoms with Gasteiger partial charge in [-0.15, -0.1) is 0 Å². The van der Waals surface area contributed by atoms with Crippen molar-refractivity contribution in [3.63, 3.8) is 0 Å². The van der Waals surface area contributed by atoms with Crippen molar-refractivity contribution in [3.05, 3.63) is 54.1 Å². The van der Waals surface area contributed by atoms with E-state index in [2.05, 4.69) is 72.2 Å². The fraction of sp³-hybridized carbons (Fsp3) is 0.500. The maximum Gasteiger partial charge on any atom is 0.110 e. The second-order valence-electron chi connectivity index (χ2n) is 6.17. The fourth-order valence-corrected chi connectivity index (χ4v) is 2.94. The quantitative estimate of drug-likeness (QED) is 0.845. The van der Waals surface area contributed by atoms with Crippen molar-refractivity contribution >= 4 is 0 Å². The molecular weight excluding hydrogens is 258 g/mol. The Morgan fingerprint density at radius 3 is 2.57 bits per heavy atom. The molecule has 1 atom stereocenters. The summed E-state index contributed by atoms with van der Waals surface area (Å²) in [6.07, 6.45) is 6.06. The highest BCUT2D eigenvalue weighted by Crippen LogP contribution is 2.28. The maximum absolute atomic E-state index is 4.55. The van der Waals surface area contributed by atoms with Crippen LogP contribution < -0.4 is 5.32 Å². The monoisotopic (exact) mass is 285 g/mol. The van der Waals surface area contributed by atoms with Crippen molar-refractivity contribution < 1.29 is 0 Å². The Morgan fingerprint density at radius 1 is 1.24 bits per heavy atom. The van der Waals surface area contributed by atoms with Gasteiger partial charge in [-0.25, -0.2) is 4.98 Å². The molecule has 1 N–H and O–H groups in total. The maximum atomic E-state index is 4.55. The van der Waals surface area contributed by atoms with Crippen LogP contribution in [0.3, 0.4) is 0 Å². The molecule has 0 fully saturated rings. The molecule has 1 unspecified atom stereocenters. The second kappa shape index (κ2) is 6.90. The van der Waals surface area contributed by atoms with E-state index in [1.807, 2.05) is 13.2 Å². The lowest BCUT2D eigenvalue weighted by atomic mass is 9.76. The van der Waals surface area contributed by atoms with Crippen molar-refractivity contribution in [1.82, 2.24) is 14.9 Å². The Labute approximate surface area is 128 Å². The van der Waals surface area contributed by atoms with Gasteiger partial charge in [0.05, 0.1) is 0 Å². The molecule has 0 aliphatic heterocycles. The molecule has 2 rings (SSSR count). The second-order valence-corrected chi connectivity index (χ2v) is 6.17. The van der Waals surface area contributed by atoms with E-state index in [0.717, 1.165) is 19.4 Å². The lowest BCUT2D eigenvalue weighted by Crippen LogP contribution is -2.45. The molecule has 0 aliphatic carbocycles. The van der Waals surface area contributed by atoms with E-state index in [9.17, 15) is 0 Å². The smallest absolute Gasteiger partial charge is 0.110 e. The molecule has 114 valence electrons. The van der Waals surface area contributed by atoms with Crippen LogP contribution in [0.15, 0.2) is 42.7 Å². The Morgan fingerprint density at radius 2 is 1.95 bits per heavy atom. The summed E-state index contributed by atoms with van der Waals surface area (Å²) in [5.41, 5.74) is 1.41. The van der Waals surface area contributed by atoms with Crippen LogP contribution in [0, 0.1) is 0 Å². The molecule has 1 aromatic carbocycles. The van der Waals surface area contributed by atoms with Crippen LogP contribution in [0.2, 0.25) is 0 Å². The molecule has 3 nitrogen and oxygen atoms in total. The lowest BCUT2D eigenvalue weighted by Gasteiger charge is -2.35. The largest absolute Gasteiger partial charge is 0.335 e. The molecule has 0 bridgehead atoms. The van der Waals surface area contributed by atoms with Gasteiger partial charge in [0.15, 0.2) is 0 Å². The van der Waals surface area contributed by atoms with Crippen LogP contribution in [0.25, 0.3) is 0 Å². The number of imidazole rings is 1. The third-order valence-electron chi connectivity index (χ3n) is 4.39. The third kappa shape index (κ3) is 3.53. The first-order valence-electron chi connectivity index (χ1n) is 7.82. The van der Waals surface area contributed by atoms with Crippen molar-refractivity contribution in [2.45, 2.75) is 51.6 Å². The van der Waals surface area contributed by atoms with E-state index in [0.29, 0.717) is 6.04 Å². The van der Waals surface area contributed by atoms with E-state index in [1.165, 1.54) is 11.4 Å². The molecule has 2 aromatic rings. The molecule has 0 saturated heterocycles. The summed E-state index contributed by atoms with van der Waals surface area (Å²) in [5, 5.41) is 3.50. The average molecular weight is 285 g/mol. The number of hydrogen-bond acceptors (Lipinski definition) is 2. The van der Waals surface area contributed by atoms with Gasteiger partial charge in [0.2, 0.25) is 0 Å². The molecule has 3 heteroatoms. The Kier molecular flexibility index (Phi) is 5.18. The number of nitrogens with zero attached hydrogens (tertiary/aromatic N) is 2. The summed E-state index contributed by atoms with van der Waals surface area (Å²) in [6, 6.07) is 11.1. The standard InChI is InChI=1S/C18H27N3/c1-5-12-21-13-11-20-17(21)14-16(19-4)18(2,3)15-9-7-6-8-10-15/h6-11,13,16,19H,5,12,14H2,1-4H3. The number of likely N-dealkylation sites (N-methyl/N-ethyl adjacent to an activating group) is 1. The van der Waals surface area contributed by atoms with E-state index in [4.69, 9.17) is 0 Å². The van der Waals surface area contributed by atoms with Gasteiger partial charge in [0, 0.05) is 36.8 Å². The molecule has 0 amide bonds. The van der Waals surface area contributed by atoms with Crippen molar-refractivity contribution in [1.29, 1.82) is 0 Å². The van der Waals surface area contributed by atoms with E-state index in [-0.39, 0.29) is 5.41 Å². The van der Waals surface area contributed by atoms with E-state index < -0.39 is 0 Å². The minimum absolute atomic E-state index is 0.0546. The van der Waals surface area contributed by atoms with Crippen molar-refractivity contribution in [2.24, 2.45) is 0 Å². The Balaban J connectivity index is 2.21. The lowest BCUT2D eigenvalue weighted by molar-refractivity contribution is 0.348. The van der Waals surface area contributed by atoms with Crippen LogP contribution in [-0.2, 0) is 18.4 Å². The summed E-state index contributed by atoms with van der Waals surface area (Å²) in [6.45, 7) is 7.85. The molecule has 1 aromatic heterocycles. The van der Waals surface area contributed by atoms with Crippen LogP contribution in [-0.4, -0.2) is 22.6 Å². The minimum Gasteiger partial charge on any atom is -0.335 e. The normalized spacial score (nSPS) is 13.3. The van der Waals surface area contributed by atoms with Gasteiger partial charge < -0.3 is 9.88 Å². The molecule has 21 heavy (non-hydrogen) atoms. The Hall–Kier alpha value is -1.61. The fourth-order valence-electron chi connectivity index (χ4n) is 2.94. The zero-order valence-electron chi connectivity index (χ0n) is 13.6. The zero-order chi connectivity index (χ0) is 15.3. The third-order valence-corrected chi connectivity index (χ3v) is 4.39. The average Bonchev–Trinajstić information content (AvgIpc) is 2.93. The van der Waals surface area contributed by atoms with Gasteiger partial charge in [-0.2, -0.15) is 0 Å². The zero-order valence-corrected chi connectivity index (χ0v) is 13.6. The first-order valence-corrected chi connectivity index (χ1v) is 7.82. The molecule has 0 aliphatic rings. The van der Waals surface area contributed by atoms with Gasteiger partial charge >= 0.3 is 0 Å². The molecular formula is C18H27N3. The predicted octanol–water partition coefficient (Wildman–Crippen LogP) is 3.40. The minimum atomic E-state index is 0.0546. The SMILES string of the molecule is CCCn1ccnc1CC(NC)C(C)(C)c1ccccc1. The van der Waals surface area contributed by atoms with Gasteiger partial charge in [-0.3, -0.25) is 0 Å². The summed E-state index contributed by atoms with van der Waals surface area (Å²) < 4.78 is 2.27. The highest BCUT2D eigenvalue weighted by Gasteiger charge is 2.31. The van der Waals surface area contributed by atoms with Crippen molar-refractivity contribution in [3.8, 4) is 0 Å². The van der Waals surface area contributed by atoms with Crippen LogP contribution in [0.5, 0.6) is 0 Å². The van der Waals surface area contributed by atoms with Crippen LogP contribution in [0.1, 0.15) is 38.6 Å². The topological polar surface area (TPSA) is 29.9 Å². The van der Waals surface area contributed by atoms with Gasteiger partial charge in [0.1, 0.15) is 5.82 Å². The molecule has 0 radical (unpaired) electrons. The number of hydrogen-bond donors (Lipinski definition) is 1. The Bertz CT molecular complexity index is 543. The first kappa shape index (κ1) is 15.8. The van der Waals surface area contributed by atoms with Crippen LogP contribution >= 0.6 is 0 Å². The number of aryl methyl sites for hydroxylation is 1. The highest BCUT2D eigenvalue weighted by atomic mass is 15.1. The summed E-state index contributed by atoms with van der Waals surface area (Å²) in [7, 11) is 2.04. The van der Waals surface area contributed by atoms with Gasteiger partial charge in [-0.05, 0) is 19.0 Å².